The Morgan fingerprint density at radius 1 is 0.735 bits per heavy atom. The summed E-state index contributed by atoms with van der Waals surface area (Å²) in [5.41, 5.74) is 4.26. The first-order chi connectivity index (χ1) is 16.3. The molecular formula is C29H19N2OPPt. The van der Waals surface area contributed by atoms with Crippen LogP contribution in [0.4, 0.5) is 0 Å². The van der Waals surface area contributed by atoms with Crippen LogP contribution in [0, 0.1) is 19.1 Å². The van der Waals surface area contributed by atoms with Gasteiger partial charge < -0.3 is 4.74 Å². The second kappa shape index (κ2) is 9.55. The Kier molecular flexibility index (Phi) is 6.33. The van der Waals surface area contributed by atoms with Crippen molar-refractivity contribution in [2.75, 3.05) is 0 Å². The smallest absolute Gasteiger partial charge is 0.460 e. The van der Waals surface area contributed by atoms with Gasteiger partial charge in [0, 0.05) is 24.2 Å². The SMILES string of the molecule is Cc1ccnc(-p2c3[c-]c(-c4[c-]c(Oc5ccccn5)ccc4)ccc3c3ccccc32)c1.[Pt+2]. The Morgan fingerprint density at radius 3 is 2.44 bits per heavy atom. The number of rotatable bonds is 4. The van der Waals surface area contributed by atoms with Crippen molar-refractivity contribution < 1.29 is 25.8 Å². The van der Waals surface area contributed by atoms with Gasteiger partial charge in [0.25, 0.3) is 0 Å². The van der Waals surface area contributed by atoms with Crippen LogP contribution in [0.5, 0.6) is 11.6 Å². The van der Waals surface area contributed by atoms with Crippen LogP contribution in [0.25, 0.3) is 37.6 Å². The molecule has 0 saturated heterocycles. The number of ether oxygens (including phenoxy) is 1. The first-order valence-corrected chi connectivity index (χ1v) is 12.1. The predicted molar refractivity (Wildman–Crippen MR) is 135 cm³/mol. The molecule has 0 bridgehead atoms. The molecule has 0 aliphatic heterocycles. The maximum Gasteiger partial charge on any atom is 2.00 e. The van der Waals surface area contributed by atoms with Crippen molar-refractivity contribution in [2.24, 2.45) is 0 Å². The molecule has 0 aliphatic rings. The number of hydrogen-bond acceptors (Lipinski definition) is 3. The van der Waals surface area contributed by atoms with Crippen LogP contribution >= 0.6 is 7.53 Å². The van der Waals surface area contributed by atoms with Gasteiger partial charge in [-0.15, -0.1) is 18.2 Å². The maximum atomic E-state index is 5.90. The molecule has 0 N–H and O–H groups in total. The molecule has 1 atom stereocenters. The Balaban J connectivity index is 0.00000241. The second-order valence-electron chi connectivity index (χ2n) is 7.88. The molecule has 0 radical (unpaired) electrons. The first kappa shape index (κ1) is 22.5. The summed E-state index contributed by atoms with van der Waals surface area (Å²) < 4.78 is 5.90. The van der Waals surface area contributed by atoms with E-state index in [4.69, 9.17) is 9.72 Å². The number of benzene rings is 3. The fourth-order valence-electron chi connectivity index (χ4n) is 4.11. The molecule has 1 unspecified atom stereocenters. The van der Waals surface area contributed by atoms with Crippen molar-refractivity contribution in [3.63, 3.8) is 0 Å². The van der Waals surface area contributed by atoms with E-state index < -0.39 is 7.53 Å². The molecule has 0 aliphatic carbocycles. The number of fused-ring (bicyclic) bond motifs is 3. The molecule has 166 valence electrons. The zero-order chi connectivity index (χ0) is 22.2. The van der Waals surface area contributed by atoms with Crippen LogP contribution in [0.1, 0.15) is 5.56 Å². The van der Waals surface area contributed by atoms with Crippen molar-refractivity contribution in [1.82, 2.24) is 9.97 Å². The zero-order valence-electron chi connectivity index (χ0n) is 18.3. The summed E-state index contributed by atoms with van der Waals surface area (Å²) in [5, 5.41) is 5.07. The van der Waals surface area contributed by atoms with Gasteiger partial charge in [-0.3, -0.25) is 4.98 Å². The van der Waals surface area contributed by atoms with E-state index in [1.54, 1.807) is 6.20 Å². The molecule has 3 nitrogen and oxygen atoms in total. The van der Waals surface area contributed by atoms with Gasteiger partial charge in [-0.2, -0.15) is 24.3 Å². The summed E-state index contributed by atoms with van der Waals surface area (Å²) in [4.78, 5) is 9.00. The summed E-state index contributed by atoms with van der Waals surface area (Å²) in [7, 11) is -0.764. The third-order valence-electron chi connectivity index (χ3n) is 5.62. The predicted octanol–water partition coefficient (Wildman–Crippen LogP) is 8.12. The van der Waals surface area contributed by atoms with Crippen LogP contribution in [0.2, 0.25) is 0 Å². The Morgan fingerprint density at radius 2 is 1.59 bits per heavy atom. The molecule has 6 aromatic rings. The number of hydrogen-bond donors (Lipinski definition) is 0. The number of nitrogens with zero attached hydrogens (tertiary/aromatic N) is 2. The summed E-state index contributed by atoms with van der Waals surface area (Å²) in [6.07, 6.45) is 3.62. The van der Waals surface area contributed by atoms with E-state index in [0.717, 1.165) is 16.6 Å². The normalized spacial score (nSPS) is 11.4. The maximum absolute atomic E-state index is 5.90. The van der Waals surface area contributed by atoms with Gasteiger partial charge in [-0.25, -0.2) is 16.1 Å². The minimum absolute atomic E-state index is 0. The molecule has 3 aromatic heterocycles. The second-order valence-corrected chi connectivity index (χ2v) is 9.94. The zero-order valence-corrected chi connectivity index (χ0v) is 21.5. The molecule has 0 fully saturated rings. The summed E-state index contributed by atoms with van der Waals surface area (Å²) >= 11 is 0. The Bertz CT molecular complexity index is 1610. The van der Waals surface area contributed by atoms with Gasteiger partial charge in [0.2, 0.25) is 5.88 Å². The standard InChI is InChI=1S/C29H19N2OP.Pt/c1-20-14-16-31-29(17-20)33-26-10-3-2-9-24(26)25-13-12-22(19-27(25)33)21-7-6-8-23(18-21)32-28-11-4-5-15-30-28;/h2-17H,1H3;/q-2;+2. The number of aromatic nitrogens is 2. The first-order valence-electron chi connectivity index (χ1n) is 10.8. The van der Waals surface area contributed by atoms with E-state index in [0.29, 0.717) is 11.6 Å². The van der Waals surface area contributed by atoms with Crippen LogP contribution in [0.15, 0.2) is 97.3 Å². The summed E-state index contributed by atoms with van der Waals surface area (Å²) in [6.45, 7) is 2.12. The van der Waals surface area contributed by atoms with Crippen LogP contribution in [-0.4, -0.2) is 9.97 Å². The Labute approximate surface area is 213 Å². The third kappa shape index (κ3) is 4.18. The van der Waals surface area contributed by atoms with Gasteiger partial charge in [0.05, 0.1) is 5.44 Å². The average molecular weight is 638 g/mol. The topological polar surface area (TPSA) is 35.0 Å². The van der Waals surface area contributed by atoms with E-state index in [1.165, 1.54) is 26.6 Å². The van der Waals surface area contributed by atoms with Crippen molar-refractivity contribution in [3.05, 3.63) is 115 Å². The van der Waals surface area contributed by atoms with Crippen molar-refractivity contribution in [1.29, 1.82) is 0 Å². The molecule has 3 aromatic carbocycles. The van der Waals surface area contributed by atoms with Crippen LogP contribution < -0.4 is 4.74 Å². The van der Waals surface area contributed by atoms with Crippen molar-refractivity contribution >= 4 is 28.5 Å². The van der Waals surface area contributed by atoms with Gasteiger partial charge in [-0.1, -0.05) is 48.4 Å². The van der Waals surface area contributed by atoms with Crippen molar-refractivity contribution in [3.8, 4) is 28.2 Å². The largest absolute Gasteiger partial charge is 2.00 e. The number of aryl methyl sites for hydroxylation is 1. The minimum atomic E-state index is -0.764. The van der Waals surface area contributed by atoms with E-state index in [1.807, 2.05) is 48.7 Å². The Hall–Kier alpha value is -3.25. The molecular weight excluding hydrogens is 618 g/mol. The van der Waals surface area contributed by atoms with Gasteiger partial charge in [0.1, 0.15) is 0 Å². The quantitative estimate of drug-likeness (QED) is 0.183. The number of pyridine rings is 2. The van der Waals surface area contributed by atoms with E-state index in [-0.39, 0.29) is 21.1 Å². The fraction of sp³-hybridized carbons (Fsp3) is 0.0345. The van der Waals surface area contributed by atoms with E-state index in [2.05, 4.69) is 66.5 Å². The van der Waals surface area contributed by atoms with Crippen molar-refractivity contribution in [2.45, 2.75) is 6.92 Å². The molecule has 34 heavy (non-hydrogen) atoms. The molecule has 0 spiro atoms. The molecule has 3 heterocycles. The summed E-state index contributed by atoms with van der Waals surface area (Å²) in [6, 6.07) is 35.9. The van der Waals surface area contributed by atoms with E-state index >= 15 is 0 Å². The molecule has 0 amide bonds. The molecule has 6 rings (SSSR count). The third-order valence-corrected chi connectivity index (χ3v) is 8.00. The fourth-order valence-corrected chi connectivity index (χ4v) is 6.69. The molecule has 5 heteroatoms. The molecule has 0 saturated carbocycles. The van der Waals surface area contributed by atoms with Gasteiger partial charge >= 0.3 is 21.1 Å². The minimum Gasteiger partial charge on any atom is -0.460 e. The van der Waals surface area contributed by atoms with Crippen LogP contribution in [0.3, 0.4) is 0 Å². The monoisotopic (exact) mass is 637 g/mol. The van der Waals surface area contributed by atoms with Crippen LogP contribution in [-0.2, 0) is 21.1 Å². The average Bonchev–Trinajstić information content (AvgIpc) is 3.18. The van der Waals surface area contributed by atoms with E-state index in [9.17, 15) is 0 Å². The van der Waals surface area contributed by atoms with Gasteiger partial charge in [-0.05, 0) is 41.2 Å². The summed E-state index contributed by atoms with van der Waals surface area (Å²) in [5.74, 6) is 1.18. The van der Waals surface area contributed by atoms with Gasteiger partial charge in [0.15, 0.2) is 0 Å².